The molecule has 2 unspecified atom stereocenters. The van der Waals surface area contributed by atoms with Crippen molar-refractivity contribution in [1.29, 1.82) is 0 Å². The highest BCUT2D eigenvalue weighted by Crippen LogP contribution is 2.44. The second kappa shape index (κ2) is 10.3. The van der Waals surface area contributed by atoms with E-state index in [1.807, 2.05) is 0 Å². The van der Waals surface area contributed by atoms with Gasteiger partial charge in [-0.25, -0.2) is 8.42 Å². The van der Waals surface area contributed by atoms with Crippen molar-refractivity contribution in [2.24, 2.45) is 22.7 Å². The van der Waals surface area contributed by atoms with E-state index < -0.39 is 15.5 Å². The van der Waals surface area contributed by atoms with E-state index in [1.54, 1.807) is 7.05 Å². The first-order chi connectivity index (χ1) is 13.2. The summed E-state index contributed by atoms with van der Waals surface area (Å²) in [4.78, 5) is 4.26. The molecule has 2 N–H and O–H groups in total. The Bertz CT molecular complexity index is 661. The Morgan fingerprint density at radius 2 is 1.72 bits per heavy atom. The van der Waals surface area contributed by atoms with Gasteiger partial charge in [0.25, 0.3) is 0 Å². The molecule has 0 aromatic heterocycles. The van der Waals surface area contributed by atoms with E-state index >= 15 is 0 Å². The highest BCUT2D eigenvalue weighted by molar-refractivity contribution is 14.0. The van der Waals surface area contributed by atoms with Crippen molar-refractivity contribution in [3.8, 4) is 0 Å². The summed E-state index contributed by atoms with van der Waals surface area (Å²) in [6.07, 6.45) is 8.68. The van der Waals surface area contributed by atoms with E-state index in [2.05, 4.69) is 15.6 Å². The molecule has 29 heavy (non-hydrogen) atoms. The summed E-state index contributed by atoms with van der Waals surface area (Å²) in [6, 6.07) is 0.466. The Morgan fingerprint density at radius 3 is 2.28 bits per heavy atom. The lowest BCUT2D eigenvalue weighted by atomic mass is 9.85. The molecule has 0 spiro atoms. The second-order valence-electron chi connectivity index (χ2n) is 8.29. The minimum absolute atomic E-state index is 0. The topological polar surface area (TPSA) is 73.8 Å². The number of alkyl halides is 3. The lowest BCUT2D eigenvalue weighted by Crippen LogP contribution is -2.47. The number of guanidine groups is 1. The Morgan fingerprint density at radius 1 is 1.10 bits per heavy atom. The average Bonchev–Trinajstić information content (AvgIpc) is 3.44. The maximum atomic E-state index is 12.6. The van der Waals surface area contributed by atoms with Gasteiger partial charge in [-0.3, -0.25) is 4.99 Å². The lowest BCUT2D eigenvalue weighted by Gasteiger charge is -2.31. The van der Waals surface area contributed by atoms with Gasteiger partial charge in [-0.2, -0.15) is 17.5 Å². The molecule has 2 aliphatic carbocycles. The molecular weight excluding hydrogens is 520 g/mol. The zero-order valence-electron chi connectivity index (χ0n) is 16.7. The van der Waals surface area contributed by atoms with Crippen LogP contribution in [0.3, 0.4) is 0 Å². The molecule has 0 aromatic rings. The number of nitrogens with zero attached hydrogens (tertiary/aromatic N) is 2. The Labute approximate surface area is 188 Å². The number of hydrogen-bond acceptors (Lipinski definition) is 3. The molecule has 0 aromatic carbocycles. The maximum absolute atomic E-state index is 12.6. The molecule has 0 radical (unpaired) electrons. The molecule has 3 fully saturated rings. The maximum Gasteiger partial charge on any atom is 0.511 e. The van der Waals surface area contributed by atoms with Gasteiger partial charge in [-0.1, -0.05) is 32.1 Å². The monoisotopic (exact) mass is 552 g/mol. The average molecular weight is 552 g/mol. The van der Waals surface area contributed by atoms with Crippen LogP contribution in [0.4, 0.5) is 13.2 Å². The van der Waals surface area contributed by atoms with Gasteiger partial charge in [-0.15, -0.1) is 24.0 Å². The highest BCUT2D eigenvalue weighted by atomic mass is 127. The van der Waals surface area contributed by atoms with Gasteiger partial charge in [0.2, 0.25) is 0 Å². The van der Waals surface area contributed by atoms with Crippen molar-refractivity contribution >= 4 is 40.0 Å². The van der Waals surface area contributed by atoms with Crippen molar-refractivity contribution in [3.05, 3.63) is 0 Å². The highest BCUT2D eigenvalue weighted by Gasteiger charge is 2.50. The summed E-state index contributed by atoms with van der Waals surface area (Å²) in [7, 11) is -3.49. The van der Waals surface area contributed by atoms with Gasteiger partial charge in [0, 0.05) is 32.7 Å². The van der Waals surface area contributed by atoms with Crippen LogP contribution < -0.4 is 10.6 Å². The molecule has 2 saturated carbocycles. The van der Waals surface area contributed by atoms with E-state index in [1.165, 1.54) is 38.5 Å². The Kier molecular flexibility index (Phi) is 8.90. The SMILES string of the molecule is CN=C(NCC1CCN(S(=O)(=O)C(F)(F)F)CC1)NC1CC1C1CCCCC1.I. The number of aliphatic imine (C=N–C) groups is 1. The number of halogens is 4. The summed E-state index contributed by atoms with van der Waals surface area (Å²) in [5.74, 6) is 2.42. The molecule has 3 rings (SSSR count). The molecule has 0 bridgehead atoms. The molecular formula is C18H32F3IN4O2S. The third kappa shape index (κ3) is 6.34. The largest absolute Gasteiger partial charge is 0.511 e. The number of hydrogen-bond donors (Lipinski definition) is 2. The van der Waals surface area contributed by atoms with Crippen LogP contribution in [0.2, 0.25) is 0 Å². The first-order valence-electron chi connectivity index (χ1n) is 10.3. The van der Waals surface area contributed by atoms with Crippen LogP contribution >= 0.6 is 24.0 Å². The van der Waals surface area contributed by atoms with Crippen LogP contribution in [-0.4, -0.2) is 56.9 Å². The van der Waals surface area contributed by atoms with Gasteiger partial charge >= 0.3 is 15.5 Å². The van der Waals surface area contributed by atoms with Crippen molar-refractivity contribution in [1.82, 2.24) is 14.9 Å². The summed E-state index contributed by atoms with van der Waals surface area (Å²) in [5, 5.41) is 6.73. The molecule has 1 aliphatic heterocycles. The minimum Gasteiger partial charge on any atom is -0.356 e. The van der Waals surface area contributed by atoms with Crippen molar-refractivity contribution in [2.75, 3.05) is 26.7 Å². The van der Waals surface area contributed by atoms with Crippen LogP contribution in [0, 0.1) is 17.8 Å². The first kappa shape index (κ1) is 25.0. The van der Waals surface area contributed by atoms with Crippen molar-refractivity contribution in [3.63, 3.8) is 0 Å². The summed E-state index contributed by atoms with van der Waals surface area (Å²) < 4.78 is 61.4. The van der Waals surface area contributed by atoms with E-state index in [4.69, 9.17) is 0 Å². The summed E-state index contributed by atoms with van der Waals surface area (Å²) in [6.45, 7) is 0.402. The molecule has 1 saturated heterocycles. The quantitative estimate of drug-likeness (QED) is 0.312. The summed E-state index contributed by atoms with van der Waals surface area (Å²) in [5.41, 5.74) is -5.22. The van der Waals surface area contributed by atoms with Crippen LogP contribution in [-0.2, 0) is 10.0 Å². The number of nitrogens with one attached hydrogen (secondary N) is 2. The van der Waals surface area contributed by atoms with Gasteiger partial charge in [0.15, 0.2) is 5.96 Å². The van der Waals surface area contributed by atoms with Gasteiger partial charge in [0.05, 0.1) is 0 Å². The van der Waals surface area contributed by atoms with E-state index in [0.29, 0.717) is 29.7 Å². The van der Waals surface area contributed by atoms with Crippen LogP contribution in [0.15, 0.2) is 4.99 Å². The predicted octanol–water partition coefficient (Wildman–Crippen LogP) is 3.30. The Hall–Kier alpha value is -0.300. The second-order valence-corrected chi connectivity index (χ2v) is 10.2. The molecule has 11 heteroatoms. The third-order valence-electron chi connectivity index (χ3n) is 6.40. The normalized spacial score (nSPS) is 27.9. The number of piperidine rings is 1. The zero-order chi connectivity index (χ0) is 20.4. The van der Waals surface area contributed by atoms with E-state index in [9.17, 15) is 21.6 Å². The van der Waals surface area contributed by atoms with E-state index in [0.717, 1.165) is 17.8 Å². The standard InChI is InChI=1S/C18H31F3N4O2S.HI/c1-22-17(24-16-11-15(16)14-5-3-2-4-6-14)23-12-13-7-9-25(10-8-13)28(26,27)18(19,20)21;/h13-16H,2-12H2,1H3,(H2,22,23,24);1H. The Balaban J connectivity index is 0.00000300. The molecule has 1 heterocycles. The minimum atomic E-state index is -5.22. The smallest absolute Gasteiger partial charge is 0.356 e. The van der Waals surface area contributed by atoms with Gasteiger partial charge in [-0.05, 0) is 37.0 Å². The van der Waals surface area contributed by atoms with Gasteiger partial charge < -0.3 is 10.6 Å². The predicted molar refractivity (Wildman–Crippen MR) is 118 cm³/mol. The fraction of sp³-hybridized carbons (Fsp3) is 0.944. The zero-order valence-corrected chi connectivity index (χ0v) is 19.9. The van der Waals surface area contributed by atoms with E-state index in [-0.39, 0.29) is 43.0 Å². The summed E-state index contributed by atoms with van der Waals surface area (Å²) >= 11 is 0. The van der Waals surface area contributed by atoms with Crippen LogP contribution in [0.1, 0.15) is 51.4 Å². The number of rotatable bonds is 5. The van der Waals surface area contributed by atoms with Crippen LogP contribution in [0.25, 0.3) is 0 Å². The molecule has 170 valence electrons. The molecule has 6 nitrogen and oxygen atoms in total. The molecule has 0 amide bonds. The third-order valence-corrected chi connectivity index (χ3v) is 8.03. The fourth-order valence-corrected chi connectivity index (χ4v) is 5.56. The van der Waals surface area contributed by atoms with Gasteiger partial charge in [0.1, 0.15) is 0 Å². The number of sulfonamides is 1. The fourth-order valence-electron chi connectivity index (χ4n) is 4.58. The first-order valence-corrected chi connectivity index (χ1v) is 11.7. The van der Waals surface area contributed by atoms with Crippen LogP contribution in [0.5, 0.6) is 0 Å². The molecule has 3 aliphatic rings. The lowest BCUT2D eigenvalue weighted by molar-refractivity contribution is -0.0496. The van der Waals surface area contributed by atoms with Crippen molar-refractivity contribution < 1.29 is 21.6 Å². The van der Waals surface area contributed by atoms with Crippen molar-refractivity contribution in [2.45, 2.75) is 62.9 Å². The molecule has 2 atom stereocenters.